The molecule has 1 aromatic rings. The van der Waals surface area contributed by atoms with E-state index in [1.807, 2.05) is 30.3 Å². The Morgan fingerprint density at radius 3 is 2.71 bits per heavy atom. The molecule has 3 N–H and O–H groups in total. The fraction of sp³-hybridized carbons (Fsp3) is 0.417. The van der Waals surface area contributed by atoms with Gasteiger partial charge in [0.25, 0.3) is 0 Å². The number of ether oxygens (including phenoxy) is 1. The Hall–Kier alpha value is -1.59. The third kappa shape index (κ3) is 2.57. The second-order valence-corrected chi connectivity index (χ2v) is 4.22. The van der Waals surface area contributed by atoms with Crippen LogP contribution < -0.4 is 5.32 Å². The molecule has 2 rings (SSSR count). The SMILES string of the molecule is O=C(O)NC1(Cc2ccccc2)CCOC1O. The van der Waals surface area contributed by atoms with E-state index in [1.165, 1.54) is 0 Å². The molecule has 2 unspecified atom stereocenters. The Bertz CT molecular complexity index is 395. The summed E-state index contributed by atoms with van der Waals surface area (Å²) in [6.45, 7) is 0.355. The number of carboxylic acid groups (broad SMARTS) is 1. The Labute approximate surface area is 99.0 Å². The van der Waals surface area contributed by atoms with Gasteiger partial charge in [0.2, 0.25) is 0 Å². The summed E-state index contributed by atoms with van der Waals surface area (Å²) in [6, 6.07) is 9.45. The summed E-state index contributed by atoms with van der Waals surface area (Å²) in [5.74, 6) is 0. The standard InChI is InChI=1S/C12H15NO4/c14-10-12(6-7-17-10,13-11(15)16)8-9-4-2-1-3-5-9/h1-5,10,13-14H,6-8H2,(H,15,16). The van der Waals surface area contributed by atoms with Crippen LogP contribution >= 0.6 is 0 Å². The van der Waals surface area contributed by atoms with Gasteiger partial charge in [-0.1, -0.05) is 30.3 Å². The summed E-state index contributed by atoms with van der Waals surface area (Å²) in [5.41, 5.74) is 0.0264. The van der Waals surface area contributed by atoms with Gasteiger partial charge in [0, 0.05) is 6.42 Å². The number of aliphatic hydroxyl groups excluding tert-OH is 1. The molecular weight excluding hydrogens is 222 g/mol. The first kappa shape index (κ1) is 11.9. The maximum Gasteiger partial charge on any atom is 0.405 e. The summed E-state index contributed by atoms with van der Waals surface area (Å²) in [6.07, 6.45) is -1.36. The number of carbonyl (C=O) groups is 1. The van der Waals surface area contributed by atoms with E-state index in [-0.39, 0.29) is 0 Å². The third-order valence-electron chi connectivity index (χ3n) is 3.01. The van der Waals surface area contributed by atoms with E-state index in [0.29, 0.717) is 19.4 Å². The highest BCUT2D eigenvalue weighted by Gasteiger charge is 2.44. The van der Waals surface area contributed by atoms with Gasteiger partial charge in [-0.15, -0.1) is 0 Å². The zero-order chi connectivity index (χ0) is 12.3. The van der Waals surface area contributed by atoms with Gasteiger partial charge in [-0.2, -0.15) is 0 Å². The monoisotopic (exact) mass is 237 g/mol. The first-order valence-corrected chi connectivity index (χ1v) is 5.47. The van der Waals surface area contributed by atoms with E-state index < -0.39 is 17.9 Å². The van der Waals surface area contributed by atoms with Crippen molar-refractivity contribution in [3.05, 3.63) is 35.9 Å². The van der Waals surface area contributed by atoms with Crippen molar-refractivity contribution in [1.82, 2.24) is 5.32 Å². The minimum Gasteiger partial charge on any atom is -0.465 e. The largest absolute Gasteiger partial charge is 0.465 e. The fourth-order valence-electron chi connectivity index (χ4n) is 2.15. The molecule has 0 radical (unpaired) electrons. The van der Waals surface area contributed by atoms with Crippen LogP contribution in [0.5, 0.6) is 0 Å². The predicted molar refractivity (Wildman–Crippen MR) is 60.6 cm³/mol. The van der Waals surface area contributed by atoms with Crippen molar-refractivity contribution < 1.29 is 19.7 Å². The molecule has 1 saturated heterocycles. The van der Waals surface area contributed by atoms with Crippen LogP contribution in [0.3, 0.4) is 0 Å². The van der Waals surface area contributed by atoms with Gasteiger partial charge in [-0.05, 0) is 12.0 Å². The highest BCUT2D eigenvalue weighted by Crippen LogP contribution is 2.28. The summed E-state index contributed by atoms with van der Waals surface area (Å²) in [4.78, 5) is 10.8. The lowest BCUT2D eigenvalue weighted by molar-refractivity contribution is -0.0970. The van der Waals surface area contributed by atoms with Crippen molar-refractivity contribution >= 4 is 6.09 Å². The molecule has 0 saturated carbocycles. The van der Waals surface area contributed by atoms with Crippen LogP contribution in [0.15, 0.2) is 30.3 Å². The molecule has 2 atom stereocenters. The van der Waals surface area contributed by atoms with Crippen LogP contribution in [0.2, 0.25) is 0 Å². The van der Waals surface area contributed by atoms with Crippen molar-refractivity contribution in [3.63, 3.8) is 0 Å². The molecule has 1 aromatic carbocycles. The Kier molecular flexibility index (Phi) is 3.31. The van der Waals surface area contributed by atoms with Gasteiger partial charge in [0.15, 0.2) is 6.29 Å². The topological polar surface area (TPSA) is 78.8 Å². The number of benzene rings is 1. The second kappa shape index (κ2) is 4.73. The van der Waals surface area contributed by atoms with E-state index in [2.05, 4.69) is 5.32 Å². The van der Waals surface area contributed by atoms with Gasteiger partial charge < -0.3 is 20.3 Å². The van der Waals surface area contributed by atoms with Gasteiger partial charge in [-0.25, -0.2) is 4.79 Å². The van der Waals surface area contributed by atoms with Crippen molar-refractivity contribution in [2.75, 3.05) is 6.61 Å². The van der Waals surface area contributed by atoms with Crippen LogP contribution in [0, 0.1) is 0 Å². The average Bonchev–Trinajstić information content (AvgIpc) is 2.61. The average molecular weight is 237 g/mol. The molecule has 1 amide bonds. The smallest absolute Gasteiger partial charge is 0.405 e. The molecule has 5 heteroatoms. The second-order valence-electron chi connectivity index (χ2n) is 4.22. The molecule has 0 aliphatic carbocycles. The third-order valence-corrected chi connectivity index (χ3v) is 3.01. The number of rotatable bonds is 3. The molecule has 1 aliphatic heterocycles. The number of hydrogen-bond acceptors (Lipinski definition) is 3. The van der Waals surface area contributed by atoms with Crippen LogP contribution in [0.1, 0.15) is 12.0 Å². The number of aliphatic hydroxyl groups is 1. The van der Waals surface area contributed by atoms with Gasteiger partial charge >= 0.3 is 6.09 Å². The molecule has 1 fully saturated rings. The van der Waals surface area contributed by atoms with Crippen molar-refractivity contribution in [1.29, 1.82) is 0 Å². The molecule has 5 nitrogen and oxygen atoms in total. The highest BCUT2D eigenvalue weighted by molar-refractivity contribution is 5.66. The van der Waals surface area contributed by atoms with E-state index in [4.69, 9.17) is 9.84 Å². The first-order valence-electron chi connectivity index (χ1n) is 5.47. The van der Waals surface area contributed by atoms with Gasteiger partial charge in [-0.3, -0.25) is 0 Å². The lowest BCUT2D eigenvalue weighted by Gasteiger charge is -2.30. The Morgan fingerprint density at radius 1 is 1.47 bits per heavy atom. The van der Waals surface area contributed by atoms with Crippen LogP contribution in [-0.4, -0.2) is 34.7 Å². The first-order chi connectivity index (χ1) is 8.12. The lowest BCUT2D eigenvalue weighted by atomic mass is 9.89. The maximum absolute atomic E-state index is 10.8. The van der Waals surface area contributed by atoms with Crippen molar-refractivity contribution in [2.24, 2.45) is 0 Å². The zero-order valence-electron chi connectivity index (χ0n) is 9.30. The quantitative estimate of drug-likeness (QED) is 0.732. The molecule has 0 spiro atoms. The molecule has 0 bridgehead atoms. The molecular formula is C12H15NO4. The highest BCUT2D eigenvalue weighted by atomic mass is 16.6. The molecule has 0 aromatic heterocycles. The summed E-state index contributed by atoms with van der Waals surface area (Å²) in [5, 5.41) is 21.1. The zero-order valence-corrected chi connectivity index (χ0v) is 9.30. The summed E-state index contributed by atoms with van der Waals surface area (Å²) in [7, 11) is 0. The Morgan fingerprint density at radius 2 is 2.18 bits per heavy atom. The van der Waals surface area contributed by atoms with Crippen LogP contribution in [0.25, 0.3) is 0 Å². The minimum absolute atomic E-state index is 0.355. The predicted octanol–water partition coefficient (Wildman–Crippen LogP) is 0.974. The molecule has 1 aliphatic rings. The van der Waals surface area contributed by atoms with Gasteiger partial charge in [0.05, 0.1) is 6.61 Å². The van der Waals surface area contributed by atoms with E-state index in [0.717, 1.165) is 5.56 Å². The summed E-state index contributed by atoms with van der Waals surface area (Å²) < 4.78 is 5.07. The molecule has 17 heavy (non-hydrogen) atoms. The lowest BCUT2D eigenvalue weighted by Crippen LogP contribution is -2.55. The summed E-state index contributed by atoms with van der Waals surface area (Å²) >= 11 is 0. The number of amides is 1. The van der Waals surface area contributed by atoms with Crippen LogP contribution in [0.4, 0.5) is 4.79 Å². The maximum atomic E-state index is 10.8. The van der Waals surface area contributed by atoms with E-state index in [1.54, 1.807) is 0 Å². The van der Waals surface area contributed by atoms with Crippen molar-refractivity contribution in [2.45, 2.75) is 24.7 Å². The Balaban J connectivity index is 2.19. The normalized spacial score (nSPS) is 27.9. The number of hydrogen-bond donors (Lipinski definition) is 3. The fourth-order valence-corrected chi connectivity index (χ4v) is 2.15. The minimum atomic E-state index is -1.15. The number of nitrogens with one attached hydrogen (secondary N) is 1. The van der Waals surface area contributed by atoms with E-state index in [9.17, 15) is 9.90 Å². The van der Waals surface area contributed by atoms with Crippen molar-refractivity contribution in [3.8, 4) is 0 Å². The van der Waals surface area contributed by atoms with Gasteiger partial charge in [0.1, 0.15) is 5.54 Å². The molecule has 92 valence electrons. The van der Waals surface area contributed by atoms with Crippen LogP contribution in [-0.2, 0) is 11.2 Å². The van der Waals surface area contributed by atoms with E-state index >= 15 is 0 Å². The molecule has 1 heterocycles.